The van der Waals surface area contributed by atoms with Crippen molar-refractivity contribution < 1.29 is 4.79 Å². The van der Waals surface area contributed by atoms with E-state index in [4.69, 9.17) is 28.6 Å². The average Bonchev–Trinajstić information content (AvgIpc) is 3.21. The van der Waals surface area contributed by atoms with Crippen molar-refractivity contribution in [2.24, 2.45) is 10.1 Å². The van der Waals surface area contributed by atoms with E-state index < -0.39 is 5.91 Å². The molecule has 2 aliphatic rings. The molecular formula is C20H17Cl2N5OS2. The first-order chi connectivity index (χ1) is 14.3. The minimum absolute atomic E-state index is 0.0311. The number of carbonyl (C=O) groups excluding carboxylic acids is 1. The molecule has 0 atom stereocenters. The summed E-state index contributed by atoms with van der Waals surface area (Å²) in [6, 6.07) is 7.40. The van der Waals surface area contributed by atoms with Crippen molar-refractivity contribution in [1.82, 2.24) is 9.58 Å². The summed E-state index contributed by atoms with van der Waals surface area (Å²) in [5.41, 5.74) is 3.78. The molecule has 0 spiro atoms. The van der Waals surface area contributed by atoms with Gasteiger partial charge in [0.25, 0.3) is 5.91 Å². The van der Waals surface area contributed by atoms with Crippen molar-refractivity contribution in [3.63, 3.8) is 0 Å². The summed E-state index contributed by atoms with van der Waals surface area (Å²) in [4.78, 5) is 16.8. The van der Waals surface area contributed by atoms with E-state index in [1.165, 1.54) is 16.8 Å². The molecule has 1 aromatic heterocycles. The molecular weight excluding hydrogens is 461 g/mol. The number of aryl methyl sites for hydroxylation is 1. The zero-order valence-electron chi connectivity index (χ0n) is 16.4. The number of amidine groups is 2. The maximum absolute atomic E-state index is 12.6. The predicted octanol–water partition coefficient (Wildman–Crippen LogP) is 5.73. The van der Waals surface area contributed by atoms with Gasteiger partial charge in [0.1, 0.15) is 0 Å². The van der Waals surface area contributed by atoms with Crippen molar-refractivity contribution in [2.45, 2.75) is 20.8 Å². The van der Waals surface area contributed by atoms with Crippen LogP contribution in [0, 0.1) is 19.3 Å². The third-order valence-corrected chi connectivity index (χ3v) is 7.30. The number of amides is 1. The lowest BCUT2D eigenvalue weighted by Crippen LogP contribution is -2.35. The van der Waals surface area contributed by atoms with Crippen molar-refractivity contribution in [1.29, 1.82) is 5.41 Å². The molecule has 6 nitrogen and oxygen atoms in total. The Kier molecular flexibility index (Phi) is 5.85. The van der Waals surface area contributed by atoms with Gasteiger partial charge >= 0.3 is 0 Å². The standard InChI is InChI=1S/C20H17Cl2N5OS2/c1-4-29-20-25-27-17(23)14(18(28)24-19(27)30-20)8-12-7-10(2)26(11(12)3)13-5-6-15(21)16(22)9-13/h5-9,23H,4H2,1-3H3/b14-8+,23-17?. The second-order valence-corrected chi connectivity index (χ2v) is 9.86. The molecule has 154 valence electrons. The highest BCUT2D eigenvalue weighted by molar-refractivity contribution is 8.45. The monoisotopic (exact) mass is 477 g/mol. The van der Waals surface area contributed by atoms with E-state index in [-0.39, 0.29) is 11.4 Å². The van der Waals surface area contributed by atoms with E-state index in [9.17, 15) is 4.79 Å². The van der Waals surface area contributed by atoms with Crippen LogP contribution in [0.5, 0.6) is 0 Å². The zero-order valence-corrected chi connectivity index (χ0v) is 19.5. The van der Waals surface area contributed by atoms with Gasteiger partial charge < -0.3 is 4.57 Å². The number of halogens is 2. The van der Waals surface area contributed by atoms with E-state index in [0.29, 0.717) is 15.2 Å². The SMILES string of the molecule is CCSC1=NN2C(=N)/C(=C\c3cc(C)n(-c4ccc(Cl)c(Cl)c4)c3C)C(=O)N=C2S1. The van der Waals surface area contributed by atoms with Gasteiger partial charge in [-0.2, -0.15) is 10.0 Å². The molecule has 2 aliphatic heterocycles. The normalized spacial score (nSPS) is 17.5. The first-order valence-electron chi connectivity index (χ1n) is 9.07. The summed E-state index contributed by atoms with van der Waals surface area (Å²) in [6.07, 6.45) is 1.70. The van der Waals surface area contributed by atoms with E-state index >= 15 is 0 Å². The largest absolute Gasteiger partial charge is 0.318 e. The predicted molar refractivity (Wildman–Crippen MR) is 128 cm³/mol. The number of nitrogens with zero attached hydrogens (tertiary/aromatic N) is 4. The average molecular weight is 478 g/mol. The minimum atomic E-state index is -0.434. The Bertz CT molecular complexity index is 1180. The lowest BCUT2D eigenvalue weighted by atomic mass is 10.1. The van der Waals surface area contributed by atoms with Crippen LogP contribution in [0.15, 0.2) is 39.9 Å². The number of fused-ring (bicyclic) bond motifs is 1. The number of thioether (sulfide) groups is 2. The third kappa shape index (κ3) is 3.73. The first-order valence-corrected chi connectivity index (χ1v) is 11.6. The molecule has 0 unspecified atom stereocenters. The van der Waals surface area contributed by atoms with Gasteiger partial charge in [0, 0.05) is 17.1 Å². The van der Waals surface area contributed by atoms with E-state index in [2.05, 4.69) is 10.1 Å². The van der Waals surface area contributed by atoms with Crippen LogP contribution >= 0.6 is 46.7 Å². The molecule has 3 heterocycles. The maximum atomic E-state index is 12.6. The van der Waals surface area contributed by atoms with Crippen molar-refractivity contribution in [3.05, 3.63) is 56.8 Å². The van der Waals surface area contributed by atoms with Gasteiger partial charge in [0.2, 0.25) is 5.17 Å². The summed E-state index contributed by atoms with van der Waals surface area (Å²) >= 11 is 15.1. The number of nitrogens with one attached hydrogen (secondary N) is 1. The Balaban J connectivity index is 1.73. The van der Waals surface area contributed by atoms with Crippen LogP contribution in [0.1, 0.15) is 23.9 Å². The van der Waals surface area contributed by atoms with Crippen LogP contribution in [-0.4, -0.2) is 36.6 Å². The number of aromatic nitrogens is 1. The van der Waals surface area contributed by atoms with Crippen LogP contribution < -0.4 is 0 Å². The van der Waals surface area contributed by atoms with Crippen LogP contribution in [0.3, 0.4) is 0 Å². The molecule has 1 aromatic carbocycles. The molecule has 1 amide bonds. The van der Waals surface area contributed by atoms with Crippen molar-refractivity contribution >= 4 is 74.1 Å². The first kappa shape index (κ1) is 21.2. The number of hydrazone groups is 1. The van der Waals surface area contributed by atoms with Gasteiger partial charge in [-0.3, -0.25) is 10.2 Å². The topological polar surface area (TPSA) is 73.8 Å². The summed E-state index contributed by atoms with van der Waals surface area (Å²) in [6.45, 7) is 5.95. The summed E-state index contributed by atoms with van der Waals surface area (Å²) in [5.74, 6) is 0.456. The maximum Gasteiger partial charge on any atom is 0.283 e. The van der Waals surface area contributed by atoms with Gasteiger partial charge in [0.15, 0.2) is 10.2 Å². The van der Waals surface area contributed by atoms with Gasteiger partial charge in [-0.15, -0.1) is 5.10 Å². The van der Waals surface area contributed by atoms with Crippen LogP contribution in [0.25, 0.3) is 11.8 Å². The van der Waals surface area contributed by atoms with Gasteiger partial charge in [-0.1, -0.05) is 41.9 Å². The second kappa shape index (κ2) is 8.26. The zero-order chi connectivity index (χ0) is 21.6. The molecule has 0 saturated heterocycles. The molecule has 30 heavy (non-hydrogen) atoms. The number of hydrogen-bond acceptors (Lipinski definition) is 5. The Morgan fingerprint density at radius 2 is 2.00 bits per heavy atom. The summed E-state index contributed by atoms with van der Waals surface area (Å²) in [7, 11) is 0. The summed E-state index contributed by atoms with van der Waals surface area (Å²) in [5, 5.41) is 15.7. The molecule has 0 bridgehead atoms. The molecule has 2 aromatic rings. The van der Waals surface area contributed by atoms with Gasteiger partial charge in [-0.05, 0) is 67.3 Å². The highest BCUT2D eigenvalue weighted by Gasteiger charge is 2.35. The highest BCUT2D eigenvalue weighted by atomic mass is 35.5. The molecule has 10 heteroatoms. The number of carbonyl (C=O) groups is 1. The van der Waals surface area contributed by atoms with Crippen LogP contribution in [0.2, 0.25) is 10.0 Å². The second-order valence-electron chi connectivity index (χ2n) is 6.58. The number of aliphatic imine (C=N–C) groups is 1. The third-order valence-electron chi connectivity index (χ3n) is 4.64. The van der Waals surface area contributed by atoms with E-state index in [1.54, 1.807) is 30.0 Å². The molecule has 0 aliphatic carbocycles. The number of hydrogen-bond donors (Lipinski definition) is 1. The van der Waals surface area contributed by atoms with Gasteiger partial charge in [-0.25, -0.2) is 0 Å². The van der Waals surface area contributed by atoms with Gasteiger partial charge in [0.05, 0.1) is 15.6 Å². The number of benzene rings is 1. The fourth-order valence-corrected chi connectivity index (χ4v) is 5.38. The number of rotatable bonds is 3. The molecule has 1 N–H and O–H groups in total. The van der Waals surface area contributed by atoms with Crippen molar-refractivity contribution in [3.8, 4) is 5.69 Å². The quantitative estimate of drug-likeness (QED) is 0.572. The summed E-state index contributed by atoms with van der Waals surface area (Å²) < 4.78 is 2.81. The van der Waals surface area contributed by atoms with E-state index in [0.717, 1.165) is 32.8 Å². The Hall–Kier alpha value is -2.00. The Labute approximate surface area is 192 Å². The fraction of sp³-hybridized carbons (Fsp3) is 0.200. The highest BCUT2D eigenvalue weighted by Crippen LogP contribution is 2.33. The van der Waals surface area contributed by atoms with Crippen LogP contribution in [-0.2, 0) is 4.79 Å². The van der Waals surface area contributed by atoms with Crippen molar-refractivity contribution in [2.75, 3.05) is 5.75 Å². The van der Waals surface area contributed by atoms with Crippen LogP contribution in [0.4, 0.5) is 0 Å². The smallest absolute Gasteiger partial charge is 0.283 e. The Morgan fingerprint density at radius 1 is 1.23 bits per heavy atom. The Morgan fingerprint density at radius 3 is 2.70 bits per heavy atom. The lowest BCUT2D eigenvalue weighted by molar-refractivity contribution is -0.114. The molecule has 0 saturated carbocycles. The molecule has 4 rings (SSSR count). The molecule has 0 fully saturated rings. The minimum Gasteiger partial charge on any atom is -0.318 e. The lowest BCUT2D eigenvalue weighted by Gasteiger charge is -2.20. The van der Waals surface area contributed by atoms with E-state index in [1.807, 2.05) is 37.5 Å². The fourth-order valence-electron chi connectivity index (χ4n) is 3.27. The molecule has 0 radical (unpaired) electrons.